The molecule has 0 radical (unpaired) electrons. The van der Waals surface area contributed by atoms with Crippen LogP contribution in [0.3, 0.4) is 0 Å². The van der Waals surface area contributed by atoms with Gasteiger partial charge in [0.25, 0.3) is 0 Å². The summed E-state index contributed by atoms with van der Waals surface area (Å²) in [7, 11) is 0. The predicted octanol–water partition coefficient (Wildman–Crippen LogP) is 4.93. The Morgan fingerprint density at radius 3 is 2.62 bits per heavy atom. The summed E-state index contributed by atoms with van der Waals surface area (Å²) in [6, 6.07) is 6.50. The van der Waals surface area contributed by atoms with Gasteiger partial charge in [0.05, 0.1) is 16.3 Å². The van der Waals surface area contributed by atoms with Gasteiger partial charge in [0, 0.05) is 24.5 Å². The van der Waals surface area contributed by atoms with Crippen LogP contribution in [-0.4, -0.2) is 11.5 Å². The Hall–Kier alpha value is -1.95. The number of aromatic nitrogens is 1. The van der Waals surface area contributed by atoms with Crippen molar-refractivity contribution < 1.29 is 13.2 Å². The highest BCUT2D eigenvalue weighted by molar-refractivity contribution is 6.33. The highest BCUT2D eigenvalue weighted by Crippen LogP contribution is 2.35. The first kappa shape index (κ1) is 15.4. The Labute approximate surface area is 125 Å². The molecule has 2 aromatic rings. The quantitative estimate of drug-likeness (QED) is 0.840. The molecule has 0 amide bonds. The van der Waals surface area contributed by atoms with Gasteiger partial charge in [-0.15, -0.1) is 0 Å². The van der Waals surface area contributed by atoms with Crippen LogP contribution in [0.4, 0.5) is 30.4 Å². The molecule has 0 spiro atoms. The van der Waals surface area contributed by atoms with Crippen LogP contribution >= 0.6 is 11.6 Å². The van der Waals surface area contributed by atoms with Gasteiger partial charge in [-0.05, 0) is 31.2 Å². The Morgan fingerprint density at radius 2 is 1.95 bits per heavy atom. The van der Waals surface area contributed by atoms with Crippen molar-refractivity contribution in [2.45, 2.75) is 13.1 Å². The van der Waals surface area contributed by atoms with Crippen LogP contribution in [0.5, 0.6) is 0 Å². The molecular formula is C14H13ClF3N3. The van der Waals surface area contributed by atoms with Crippen molar-refractivity contribution in [1.82, 2.24) is 4.98 Å². The second-order valence-electron chi connectivity index (χ2n) is 4.28. The summed E-state index contributed by atoms with van der Waals surface area (Å²) in [4.78, 5) is 4.09. The molecule has 3 nitrogen and oxygen atoms in total. The van der Waals surface area contributed by atoms with Crippen LogP contribution in [0.25, 0.3) is 0 Å². The molecule has 0 aliphatic rings. The van der Waals surface area contributed by atoms with Crippen molar-refractivity contribution in [3.63, 3.8) is 0 Å². The number of hydrogen-bond acceptors (Lipinski definition) is 3. The summed E-state index contributed by atoms with van der Waals surface area (Å²) in [6.07, 6.45) is -2.85. The largest absolute Gasteiger partial charge is 0.416 e. The second kappa shape index (κ2) is 6.22. The van der Waals surface area contributed by atoms with Gasteiger partial charge in [-0.1, -0.05) is 11.6 Å². The summed E-state index contributed by atoms with van der Waals surface area (Å²) in [5.41, 5.74) is 0.0395. The first-order valence-electron chi connectivity index (χ1n) is 6.24. The topological polar surface area (TPSA) is 37.0 Å². The van der Waals surface area contributed by atoms with E-state index in [4.69, 9.17) is 11.6 Å². The molecule has 1 heterocycles. The molecule has 112 valence electrons. The minimum absolute atomic E-state index is 0.195. The smallest absolute Gasteiger partial charge is 0.370 e. The van der Waals surface area contributed by atoms with Gasteiger partial charge in [-0.2, -0.15) is 13.2 Å². The van der Waals surface area contributed by atoms with E-state index < -0.39 is 11.7 Å². The monoisotopic (exact) mass is 315 g/mol. The normalized spacial score (nSPS) is 11.3. The lowest BCUT2D eigenvalue weighted by Gasteiger charge is -2.13. The SMILES string of the molecule is CCNc1cc(Nc2cc(C(F)(F)F)ccc2Cl)ccn1. The summed E-state index contributed by atoms with van der Waals surface area (Å²) in [5, 5.41) is 6.10. The lowest BCUT2D eigenvalue weighted by molar-refractivity contribution is -0.137. The highest BCUT2D eigenvalue weighted by Gasteiger charge is 2.30. The summed E-state index contributed by atoms with van der Waals surface area (Å²) in [6.45, 7) is 2.62. The van der Waals surface area contributed by atoms with Gasteiger partial charge in [-0.25, -0.2) is 4.98 Å². The average molecular weight is 316 g/mol. The molecule has 0 unspecified atom stereocenters. The summed E-state index contributed by atoms with van der Waals surface area (Å²) in [5.74, 6) is 0.630. The minimum atomic E-state index is -4.41. The molecule has 0 saturated carbocycles. The number of hydrogen-bond donors (Lipinski definition) is 2. The molecule has 0 fully saturated rings. The molecule has 1 aromatic carbocycles. The van der Waals surface area contributed by atoms with E-state index in [9.17, 15) is 13.2 Å². The third-order valence-corrected chi connectivity index (χ3v) is 3.02. The van der Waals surface area contributed by atoms with E-state index in [1.165, 1.54) is 6.07 Å². The van der Waals surface area contributed by atoms with Gasteiger partial charge in [0.15, 0.2) is 0 Å². The number of anilines is 3. The molecule has 7 heteroatoms. The molecule has 21 heavy (non-hydrogen) atoms. The molecular weight excluding hydrogens is 303 g/mol. The average Bonchev–Trinajstić information content (AvgIpc) is 2.41. The maximum Gasteiger partial charge on any atom is 0.416 e. The van der Waals surface area contributed by atoms with E-state index in [0.717, 1.165) is 12.1 Å². The first-order valence-corrected chi connectivity index (χ1v) is 6.61. The van der Waals surface area contributed by atoms with Gasteiger partial charge in [0.2, 0.25) is 0 Å². The van der Waals surface area contributed by atoms with Crippen molar-refractivity contribution in [3.05, 3.63) is 47.1 Å². The van der Waals surface area contributed by atoms with Gasteiger partial charge >= 0.3 is 6.18 Å². The number of pyridine rings is 1. The zero-order valence-corrected chi connectivity index (χ0v) is 11.9. The number of alkyl halides is 3. The Kier molecular flexibility index (Phi) is 4.57. The number of benzene rings is 1. The maximum absolute atomic E-state index is 12.7. The Bertz CT molecular complexity index is 629. The van der Waals surface area contributed by atoms with E-state index in [1.807, 2.05) is 6.92 Å². The minimum Gasteiger partial charge on any atom is -0.370 e. The molecule has 0 saturated heterocycles. The van der Waals surface area contributed by atoms with E-state index in [-0.39, 0.29) is 10.7 Å². The standard InChI is InChI=1S/C14H13ClF3N3/c1-2-19-13-8-10(5-6-20-13)21-12-7-9(14(16,17)18)3-4-11(12)15/h3-8H,2H2,1H3,(H2,19,20,21). The van der Waals surface area contributed by atoms with Crippen molar-refractivity contribution in [2.75, 3.05) is 17.2 Å². The van der Waals surface area contributed by atoms with Crippen LogP contribution in [-0.2, 0) is 6.18 Å². The van der Waals surface area contributed by atoms with Crippen LogP contribution in [0, 0.1) is 0 Å². The number of nitrogens with zero attached hydrogens (tertiary/aromatic N) is 1. The zero-order chi connectivity index (χ0) is 15.5. The van der Waals surface area contributed by atoms with Crippen molar-refractivity contribution in [2.24, 2.45) is 0 Å². The Morgan fingerprint density at radius 1 is 1.19 bits per heavy atom. The second-order valence-corrected chi connectivity index (χ2v) is 4.68. The van der Waals surface area contributed by atoms with Crippen LogP contribution in [0.2, 0.25) is 5.02 Å². The van der Waals surface area contributed by atoms with Gasteiger partial charge in [-0.3, -0.25) is 0 Å². The van der Waals surface area contributed by atoms with Crippen LogP contribution in [0.1, 0.15) is 12.5 Å². The summed E-state index contributed by atoms with van der Waals surface area (Å²) < 4.78 is 38.1. The van der Waals surface area contributed by atoms with Crippen LogP contribution < -0.4 is 10.6 Å². The predicted molar refractivity (Wildman–Crippen MR) is 78.1 cm³/mol. The fourth-order valence-corrected chi connectivity index (χ4v) is 1.90. The van der Waals surface area contributed by atoms with Crippen LogP contribution in [0.15, 0.2) is 36.5 Å². The highest BCUT2D eigenvalue weighted by atomic mass is 35.5. The summed E-state index contributed by atoms with van der Waals surface area (Å²) >= 11 is 5.94. The van der Waals surface area contributed by atoms with E-state index >= 15 is 0 Å². The third-order valence-electron chi connectivity index (χ3n) is 2.69. The molecule has 1 aromatic heterocycles. The number of rotatable bonds is 4. The van der Waals surface area contributed by atoms with Crippen molar-refractivity contribution >= 4 is 28.8 Å². The third kappa shape index (κ3) is 4.01. The zero-order valence-electron chi connectivity index (χ0n) is 11.1. The number of nitrogens with one attached hydrogen (secondary N) is 2. The van der Waals surface area contributed by atoms with E-state index in [2.05, 4.69) is 15.6 Å². The van der Waals surface area contributed by atoms with Crippen molar-refractivity contribution in [3.8, 4) is 0 Å². The molecule has 0 bridgehead atoms. The lowest BCUT2D eigenvalue weighted by atomic mass is 10.2. The van der Waals surface area contributed by atoms with Gasteiger partial charge < -0.3 is 10.6 Å². The van der Waals surface area contributed by atoms with Crippen molar-refractivity contribution in [1.29, 1.82) is 0 Å². The van der Waals surface area contributed by atoms with Gasteiger partial charge in [0.1, 0.15) is 5.82 Å². The Balaban J connectivity index is 2.28. The maximum atomic E-state index is 12.7. The fraction of sp³-hybridized carbons (Fsp3) is 0.214. The van der Waals surface area contributed by atoms with E-state index in [1.54, 1.807) is 18.3 Å². The molecule has 0 atom stereocenters. The first-order chi connectivity index (χ1) is 9.90. The number of halogens is 4. The fourth-order valence-electron chi connectivity index (χ4n) is 1.74. The molecule has 2 rings (SSSR count). The lowest BCUT2D eigenvalue weighted by Crippen LogP contribution is -2.05. The molecule has 0 aliphatic heterocycles. The molecule has 2 N–H and O–H groups in total. The molecule has 0 aliphatic carbocycles. The van der Waals surface area contributed by atoms with E-state index in [0.29, 0.717) is 18.1 Å².